The van der Waals surface area contributed by atoms with Gasteiger partial charge in [0.05, 0.1) is 6.04 Å². The van der Waals surface area contributed by atoms with E-state index in [2.05, 4.69) is 21.2 Å². The maximum absolute atomic E-state index is 12.1. The van der Waals surface area contributed by atoms with Gasteiger partial charge in [0, 0.05) is 30.0 Å². The van der Waals surface area contributed by atoms with Gasteiger partial charge in [-0.3, -0.25) is 9.59 Å². The number of aryl methyl sites for hydroxylation is 1. The van der Waals surface area contributed by atoms with E-state index in [1.54, 1.807) is 18.0 Å². The van der Waals surface area contributed by atoms with Crippen LogP contribution < -0.4 is 5.32 Å². The van der Waals surface area contributed by atoms with Crippen LogP contribution in [0.1, 0.15) is 22.3 Å². The van der Waals surface area contributed by atoms with Crippen LogP contribution in [0.4, 0.5) is 0 Å². The molecule has 1 heterocycles. The van der Waals surface area contributed by atoms with Crippen LogP contribution in [-0.4, -0.2) is 36.3 Å². The van der Waals surface area contributed by atoms with Crippen molar-refractivity contribution in [2.45, 2.75) is 19.4 Å². The van der Waals surface area contributed by atoms with E-state index in [1.165, 1.54) is 0 Å². The van der Waals surface area contributed by atoms with E-state index >= 15 is 0 Å². The maximum atomic E-state index is 12.1. The monoisotopic (exact) mass is 310 g/mol. The SMILES string of the molecule is Cc1cc(Br)ccc1C(=O)N[C@H]1CC(=O)N(C)C1. The number of halogens is 1. The summed E-state index contributed by atoms with van der Waals surface area (Å²) < 4.78 is 0.951. The molecule has 0 radical (unpaired) electrons. The number of nitrogens with zero attached hydrogens (tertiary/aromatic N) is 1. The molecule has 96 valence electrons. The molecule has 18 heavy (non-hydrogen) atoms. The van der Waals surface area contributed by atoms with Crippen LogP contribution in [0.15, 0.2) is 22.7 Å². The molecule has 2 rings (SSSR count). The van der Waals surface area contributed by atoms with E-state index in [9.17, 15) is 9.59 Å². The second kappa shape index (κ2) is 5.10. The van der Waals surface area contributed by atoms with Gasteiger partial charge in [-0.25, -0.2) is 0 Å². The summed E-state index contributed by atoms with van der Waals surface area (Å²) in [7, 11) is 1.75. The van der Waals surface area contributed by atoms with Crippen molar-refractivity contribution in [2.75, 3.05) is 13.6 Å². The van der Waals surface area contributed by atoms with E-state index in [1.807, 2.05) is 19.1 Å². The summed E-state index contributed by atoms with van der Waals surface area (Å²) in [6, 6.07) is 5.45. The third-order valence-electron chi connectivity index (χ3n) is 3.11. The fourth-order valence-electron chi connectivity index (χ4n) is 2.11. The topological polar surface area (TPSA) is 49.4 Å². The molecule has 0 spiro atoms. The van der Waals surface area contributed by atoms with Crippen molar-refractivity contribution in [3.8, 4) is 0 Å². The van der Waals surface area contributed by atoms with Gasteiger partial charge in [-0.1, -0.05) is 15.9 Å². The zero-order chi connectivity index (χ0) is 13.3. The van der Waals surface area contributed by atoms with Crippen LogP contribution in [0.5, 0.6) is 0 Å². The first-order chi connectivity index (χ1) is 8.47. The Hall–Kier alpha value is -1.36. The smallest absolute Gasteiger partial charge is 0.251 e. The Bertz CT molecular complexity index is 502. The highest BCUT2D eigenvalue weighted by Crippen LogP contribution is 2.16. The number of carbonyl (C=O) groups is 2. The summed E-state index contributed by atoms with van der Waals surface area (Å²) in [5.74, 6) is -0.0408. The Kier molecular flexibility index (Phi) is 3.71. The molecule has 0 bridgehead atoms. The molecule has 4 nitrogen and oxygen atoms in total. The van der Waals surface area contributed by atoms with Crippen molar-refractivity contribution < 1.29 is 9.59 Å². The molecule has 1 saturated heterocycles. The highest BCUT2D eigenvalue weighted by molar-refractivity contribution is 9.10. The zero-order valence-corrected chi connectivity index (χ0v) is 12.0. The number of likely N-dealkylation sites (N-methyl/N-ethyl adjacent to an activating group) is 1. The number of benzene rings is 1. The summed E-state index contributed by atoms with van der Waals surface area (Å²) in [4.78, 5) is 25.1. The van der Waals surface area contributed by atoms with Crippen molar-refractivity contribution in [3.05, 3.63) is 33.8 Å². The lowest BCUT2D eigenvalue weighted by atomic mass is 10.1. The predicted octanol–water partition coefficient (Wildman–Crippen LogP) is 1.72. The number of likely N-dealkylation sites (tertiary alicyclic amines) is 1. The lowest BCUT2D eigenvalue weighted by Gasteiger charge is -2.13. The van der Waals surface area contributed by atoms with Crippen LogP contribution in [0, 0.1) is 6.92 Å². The molecule has 0 aliphatic carbocycles. The average Bonchev–Trinajstić information content (AvgIpc) is 2.57. The molecule has 1 atom stereocenters. The van der Waals surface area contributed by atoms with Gasteiger partial charge in [0.25, 0.3) is 5.91 Å². The number of amides is 2. The maximum Gasteiger partial charge on any atom is 0.251 e. The summed E-state index contributed by atoms with van der Waals surface area (Å²) in [6.07, 6.45) is 0.387. The minimum Gasteiger partial charge on any atom is -0.347 e. The number of rotatable bonds is 2. The molecule has 0 unspecified atom stereocenters. The lowest BCUT2D eigenvalue weighted by Crippen LogP contribution is -2.36. The number of carbonyl (C=O) groups excluding carboxylic acids is 2. The van der Waals surface area contributed by atoms with Crippen molar-refractivity contribution in [2.24, 2.45) is 0 Å². The van der Waals surface area contributed by atoms with Gasteiger partial charge in [-0.2, -0.15) is 0 Å². The Balaban J connectivity index is 2.06. The number of hydrogen-bond acceptors (Lipinski definition) is 2. The van der Waals surface area contributed by atoms with E-state index in [-0.39, 0.29) is 17.9 Å². The molecule has 1 aromatic carbocycles. The van der Waals surface area contributed by atoms with Gasteiger partial charge >= 0.3 is 0 Å². The quantitative estimate of drug-likeness (QED) is 0.904. The second-order valence-corrected chi connectivity index (χ2v) is 5.52. The Morgan fingerprint density at radius 2 is 2.22 bits per heavy atom. The molecule has 1 aliphatic heterocycles. The third-order valence-corrected chi connectivity index (χ3v) is 3.60. The predicted molar refractivity (Wildman–Crippen MR) is 72.4 cm³/mol. The number of nitrogens with one attached hydrogen (secondary N) is 1. The fraction of sp³-hybridized carbons (Fsp3) is 0.385. The molecule has 1 N–H and O–H groups in total. The molecule has 1 aliphatic rings. The Morgan fingerprint density at radius 1 is 1.50 bits per heavy atom. The van der Waals surface area contributed by atoms with Crippen molar-refractivity contribution >= 4 is 27.7 Å². The molecule has 2 amide bonds. The third kappa shape index (κ3) is 2.72. The largest absolute Gasteiger partial charge is 0.347 e. The summed E-state index contributed by atoms with van der Waals surface area (Å²) >= 11 is 3.37. The fourth-order valence-corrected chi connectivity index (χ4v) is 2.58. The highest BCUT2D eigenvalue weighted by atomic mass is 79.9. The van der Waals surface area contributed by atoms with E-state index in [4.69, 9.17) is 0 Å². The van der Waals surface area contributed by atoms with Crippen LogP contribution in [-0.2, 0) is 4.79 Å². The first-order valence-electron chi connectivity index (χ1n) is 5.78. The van der Waals surface area contributed by atoms with Crippen molar-refractivity contribution in [1.29, 1.82) is 0 Å². The van der Waals surface area contributed by atoms with Gasteiger partial charge in [-0.05, 0) is 30.7 Å². The lowest BCUT2D eigenvalue weighted by molar-refractivity contribution is -0.126. The van der Waals surface area contributed by atoms with Gasteiger partial charge in [-0.15, -0.1) is 0 Å². The van der Waals surface area contributed by atoms with Crippen LogP contribution in [0.3, 0.4) is 0 Å². The van der Waals surface area contributed by atoms with Crippen molar-refractivity contribution in [3.63, 3.8) is 0 Å². The second-order valence-electron chi connectivity index (χ2n) is 4.61. The van der Waals surface area contributed by atoms with E-state index in [0.29, 0.717) is 18.5 Å². The molecule has 1 fully saturated rings. The normalized spacial score (nSPS) is 19.2. The summed E-state index contributed by atoms with van der Waals surface area (Å²) in [6.45, 7) is 2.48. The highest BCUT2D eigenvalue weighted by Gasteiger charge is 2.28. The van der Waals surface area contributed by atoms with Gasteiger partial charge in [0.15, 0.2) is 0 Å². The molecule has 0 saturated carbocycles. The molecule has 0 aromatic heterocycles. The van der Waals surface area contributed by atoms with E-state index in [0.717, 1.165) is 10.0 Å². The van der Waals surface area contributed by atoms with Crippen LogP contribution in [0.2, 0.25) is 0 Å². The first-order valence-corrected chi connectivity index (χ1v) is 6.57. The van der Waals surface area contributed by atoms with E-state index < -0.39 is 0 Å². The summed E-state index contributed by atoms with van der Waals surface area (Å²) in [5.41, 5.74) is 1.57. The van der Waals surface area contributed by atoms with Crippen molar-refractivity contribution in [1.82, 2.24) is 10.2 Å². The minimum absolute atomic E-state index is 0.0767. The Morgan fingerprint density at radius 3 is 2.78 bits per heavy atom. The van der Waals surface area contributed by atoms with Gasteiger partial charge in [0.1, 0.15) is 0 Å². The van der Waals surface area contributed by atoms with Crippen LogP contribution >= 0.6 is 15.9 Å². The van der Waals surface area contributed by atoms with Gasteiger partial charge in [0.2, 0.25) is 5.91 Å². The molecular formula is C13H15BrN2O2. The van der Waals surface area contributed by atoms with Gasteiger partial charge < -0.3 is 10.2 Å². The standard InChI is InChI=1S/C13H15BrN2O2/c1-8-5-9(14)3-4-11(8)13(18)15-10-6-12(17)16(2)7-10/h3-5,10H,6-7H2,1-2H3,(H,15,18)/t10-/m0/s1. The number of hydrogen-bond donors (Lipinski definition) is 1. The minimum atomic E-state index is -0.117. The summed E-state index contributed by atoms with van der Waals surface area (Å²) in [5, 5.41) is 2.90. The van der Waals surface area contributed by atoms with Crippen LogP contribution in [0.25, 0.3) is 0 Å². The molecule has 1 aromatic rings. The Labute approximate surface area is 114 Å². The molecule has 5 heteroatoms. The average molecular weight is 311 g/mol. The first kappa shape index (κ1) is 13.1. The molecular weight excluding hydrogens is 296 g/mol. The zero-order valence-electron chi connectivity index (χ0n) is 10.4.